The van der Waals surface area contributed by atoms with Crippen molar-refractivity contribution < 1.29 is 36.7 Å². The smallest absolute Gasteiger partial charge is 0.370 e. The summed E-state index contributed by atoms with van der Waals surface area (Å²) in [6.45, 7) is 2.90. The van der Waals surface area contributed by atoms with Gasteiger partial charge >= 0.3 is 12.0 Å². The predicted octanol–water partition coefficient (Wildman–Crippen LogP) is -1.11. The highest BCUT2D eigenvalue weighted by Crippen LogP contribution is 2.34. The Morgan fingerprint density at radius 2 is 1.89 bits per heavy atom. The number of methoxy groups -OCH3 is 1. The van der Waals surface area contributed by atoms with E-state index in [9.17, 15) is 22.4 Å². The first-order valence-corrected chi connectivity index (χ1v) is 5.81. The van der Waals surface area contributed by atoms with E-state index in [0.29, 0.717) is 40.0 Å². The van der Waals surface area contributed by atoms with Crippen molar-refractivity contribution in [2.75, 3.05) is 46.5 Å². The monoisotopic (exact) mass is 289 g/mol. The first-order chi connectivity index (χ1) is 8.81. The van der Waals surface area contributed by atoms with Crippen molar-refractivity contribution >= 4 is 5.91 Å². The van der Waals surface area contributed by atoms with Gasteiger partial charge in [0, 0.05) is 7.11 Å². The van der Waals surface area contributed by atoms with Gasteiger partial charge in [0.25, 0.3) is 5.91 Å². The van der Waals surface area contributed by atoms with Crippen LogP contribution in [0, 0.1) is 0 Å². The molecule has 112 valence electrons. The Labute approximate surface area is 107 Å². The van der Waals surface area contributed by atoms with Gasteiger partial charge in [0.05, 0.1) is 26.3 Å². The van der Waals surface area contributed by atoms with E-state index in [1.165, 1.54) is 0 Å². The molecule has 1 atom stereocenters. The highest BCUT2D eigenvalue weighted by atomic mass is 19.4. The zero-order valence-electron chi connectivity index (χ0n) is 10.5. The van der Waals surface area contributed by atoms with E-state index in [1.54, 1.807) is 0 Å². The molecule has 5 nitrogen and oxygen atoms in total. The molecule has 0 aliphatic carbocycles. The highest BCUT2D eigenvalue weighted by molar-refractivity contribution is 5.84. The summed E-state index contributed by atoms with van der Waals surface area (Å²) in [6, 6.07) is 0. The van der Waals surface area contributed by atoms with Crippen LogP contribution in [0.1, 0.15) is 0 Å². The third kappa shape index (κ3) is 4.02. The summed E-state index contributed by atoms with van der Waals surface area (Å²) in [6.07, 6.45) is -5.41. The molecule has 1 rings (SSSR count). The third-order valence-electron chi connectivity index (χ3n) is 2.90. The lowest BCUT2D eigenvalue weighted by molar-refractivity contribution is -0.906. The fraction of sp³-hybridized carbons (Fsp3) is 0.900. The minimum atomic E-state index is -5.41. The Hall–Kier alpha value is -0.930. The van der Waals surface area contributed by atoms with Crippen molar-refractivity contribution in [3.63, 3.8) is 0 Å². The molecule has 9 heteroatoms. The predicted molar refractivity (Wildman–Crippen MR) is 56.3 cm³/mol. The number of hydrogen-bond donors (Lipinski definition) is 2. The summed E-state index contributed by atoms with van der Waals surface area (Å²) < 4.78 is 59.2. The average Bonchev–Trinajstić information content (AvgIpc) is 2.37. The lowest BCUT2D eigenvalue weighted by Gasteiger charge is -2.26. The number of quaternary nitrogens is 1. The summed E-state index contributed by atoms with van der Waals surface area (Å²) in [4.78, 5) is 12.3. The van der Waals surface area contributed by atoms with E-state index < -0.39 is 17.9 Å². The number of carbonyl (C=O) groups excluding carboxylic acids is 1. The molecule has 19 heavy (non-hydrogen) atoms. The van der Waals surface area contributed by atoms with Crippen molar-refractivity contribution in [1.82, 2.24) is 5.32 Å². The molecule has 0 bridgehead atoms. The summed E-state index contributed by atoms with van der Waals surface area (Å²) >= 11 is 0. The fourth-order valence-corrected chi connectivity index (χ4v) is 1.71. The van der Waals surface area contributed by atoms with Crippen LogP contribution in [-0.4, -0.2) is 64.4 Å². The summed E-state index contributed by atoms with van der Waals surface area (Å²) in [7, 11) is 0.500. The van der Waals surface area contributed by atoms with Crippen molar-refractivity contribution in [2.24, 2.45) is 0 Å². The molecule has 1 amide bonds. The number of carbonyl (C=O) groups is 1. The first-order valence-electron chi connectivity index (χ1n) is 5.81. The number of nitrogens with one attached hydrogen (secondary N) is 2. The van der Waals surface area contributed by atoms with E-state index in [2.05, 4.69) is 4.74 Å². The van der Waals surface area contributed by atoms with Gasteiger partial charge in [-0.25, -0.2) is 0 Å². The Kier molecular flexibility index (Phi) is 5.50. The zero-order valence-corrected chi connectivity index (χ0v) is 10.5. The maximum atomic E-state index is 13.4. The van der Waals surface area contributed by atoms with Gasteiger partial charge in [0.2, 0.25) is 0 Å². The van der Waals surface area contributed by atoms with Gasteiger partial charge in [-0.3, -0.25) is 4.79 Å². The molecule has 0 aromatic carbocycles. The number of ether oxygens (including phenoxy) is 2. The molecule has 1 saturated heterocycles. The molecular weight excluding hydrogens is 272 g/mol. The van der Waals surface area contributed by atoms with Crippen LogP contribution in [0.25, 0.3) is 0 Å². The Bertz CT molecular complexity index is 308. The molecule has 0 unspecified atom stereocenters. The van der Waals surface area contributed by atoms with Crippen molar-refractivity contribution in [2.45, 2.75) is 12.0 Å². The molecule has 0 saturated carbocycles. The van der Waals surface area contributed by atoms with Gasteiger partial charge in [-0.15, -0.1) is 0 Å². The second-order valence-corrected chi connectivity index (χ2v) is 4.17. The molecule has 1 fully saturated rings. The summed E-state index contributed by atoms with van der Waals surface area (Å²) in [5.74, 6) is -6.12. The number of hydrogen-bond acceptors (Lipinski definition) is 3. The van der Waals surface area contributed by atoms with E-state index >= 15 is 0 Å². The highest BCUT2D eigenvalue weighted by Gasteiger charge is 2.63. The molecule has 2 N–H and O–H groups in total. The molecule has 0 aromatic rings. The quantitative estimate of drug-likeness (QED) is 0.631. The van der Waals surface area contributed by atoms with Gasteiger partial charge in [0.15, 0.2) is 0 Å². The Morgan fingerprint density at radius 1 is 1.32 bits per heavy atom. The lowest BCUT2D eigenvalue weighted by atomic mass is 10.2. The molecular formula is C10H17F4N2O3+. The van der Waals surface area contributed by atoms with Crippen LogP contribution in [0.15, 0.2) is 0 Å². The van der Waals surface area contributed by atoms with Crippen molar-refractivity contribution in [3.05, 3.63) is 0 Å². The minimum Gasteiger partial charge on any atom is -0.370 e. The standard InChI is InChI=1S/C10H16F4N2O3/c1-18-9(11,10(12,13)14)8(17)15-2-3-16-4-6-19-7-5-16/h2-7H2,1H3,(H,15,17)/p+1/t9-/m0/s1. The van der Waals surface area contributed by atoms with Gasteiger partial charge in [-0.2, -0.15) is 17.6 Å². The largest absolute Gasteiger partial charge is 0.458 e. The summed E-state index contributed by atoms with van der Waals surface area (Å²) in [5, 5.41) is 1.91. The van der Waals surface area contributed by atoms with Gasteiger partial charge < -0.3 is 19.7 Å². The Morgan fingerprint density at radius 3 is 2.37 bits per heavy atom. The van der Waals surface area contributed by atoms with E-state index in [4.69, 9.17) is 4.74 Å². The topological polar surface area (TPSA) is 52.0 Å². The van der Waals surface area contributed by atoms with Crippen LogP contribution >= 0.6 is 0 Å². The number of halogens is 4. The van der Waals surface area contributed by atoms with Crippen molar-refractivity contribution in [3.8, 4) is 0 Å². The van der Waals surface area contributed by atoms with E-state index in [1.807, 2.05) is 5.32 Å². The molecule has 1 heterocycles. The maximum Gasteiger partial charge on any atom is 0.458 e. The van der Waals surface area contributed by atoms with Crippen LogP contribution in [-0.2, 0) is 14.3 Å². The van der Waals surface area contributed by atoms with Gasteiger partial charge in [-0.05, 0) is 0 Å². The fourth-order valence-electron chi connectivity index (χ4n) is 1.71. The van der Waals surface area contributed by atoms with E-state index in [-0.39, 0.29) is 6.54 Å². The van der Waals surface area contributed by atoms with Crippen LogP contribution in [0.3, 0.4) is 0 Å². The van der Waals surface area contributed by atoms with Gasteiger partial charge in [-0.1, -0.05) is 0 Å². The molecule has 0 spiro atoms. The lowest BCUT2D eigenvalue weighted by Crippen LogP contribution is -3.14. The van der Waals surface area contributed by atoms with E-state index in [0.717, 1.165) is 4.90 Å². The SMILES string of the molecule is CO[C@@](F)(C(=O)NCC[NH+]1CCOCC1)C(F)(F)F. The normalized spacial score (nSPS) is 20.9. The van der Waals surface area contributed by atoms with Crippen LogP contribution in [0.5, 0.6) is 0 Å². The molecule has 0 radical (unpaired) electrons. The second-order valence-electron chi connectivity index (χ2n) is 4.17. The number of alkyl halides is 4. The zero-order chi connectivity index (χ0) is 14.5. The summed E-state index contributed by atoms with van der Waals surface area (Å²) in [5.41, 5.74) is 0. The van der Waals surface area contributed by atoms with Crippen LogP contribution in [0.4, 0.5) is 17.6 Å². The van der Waals surface area contributed by atoms with Crippen LogP contribution < -0.4 is 10.2 Å². The number of amides is 1. The van der Waals surface area contributed by atoms with Crippen molar-refractivity contribution in [1.29, 1.82) is 0 Å². The van der Waals surface area contributed by atoms with Crippen LogP contribution in [0.2, 0.25) is 0 Å². The second kappa shape index (κ2) is 6.49. The minimum absolute atomic E-state index is 0.0563. The van der Waals surface area contributed by atoms with Gasteiger partial charge in [0.1, 0.15) is 13.1 Å². The maximum absolute atomic E-state index is 13.4. The molecule has 1 aliphatic heterocycles. The Balaban J connectivity index is 2.41. The number of rotatable bonds is 5. The molecule has 0 aromatic heterocycles. The third-order valence-corrected chi connectivity index (χ3v) is 2.90. The average molecular weight is 289 g/mol. The first kappa shape index (κ1) is 16.1. The number of morpholine rings is 1. The molecule has 1 aliphatic rings.